The zero-order chi connectivity index (χ0) is 10.1. The van der Waals surface area contributed by atoms with Gasteiger partial charge in [0.25, 0.3) is 0 Å². The summed E-state index contributed by atoms with van der Waals surface area (Å²) in [5, 5.41) is 5.49. The summed E-state index contributed by atoms with van der Waals surface area (Å²) in [6.45, 7) is 1.97. The third kappa shape index (κ3) is 1.41. The van der Waals surface area contributed by atoms with Crippen molar-refractivity contribution < 1.29 is 9.59 Å². The van der Waals surface area contributed by atoms with Crippen LogP contribution in [0.4, 0.5) is 4.79 Å². The molecule has 14 heavy (non-hydrogen) atoms. The van der Waals surface area contributed by atoms with E-state index in [0.29, 0.717) is 6.42 Å². The van der Waals surface area contributed by atoms with Crippen LogP contribution in [-0.2, 0) is 4.79 Å². The number of nitrogens with one attached hydrogen (secondary N) is 2. The summed E-state index contributed by atoms with van der Waals surface area (Å²) in [4.78, 5) is 22.9. The van der Waals surface area contributed by atoms with E-state index in [2.05, 4.69) is 10.6 Å². The van der Waals surface area contributed by atoms with Crippen LogP contribution in [0.2, 0.25) is 0 Å². The number of amides is 2. The third-order valence-electron chi connectivity index (χ3n) is 2.78. The van der Waals surface area contributed by atoms with Crippen molar-refractivity contribution >= 4 is 11.8 Å². The van der Waals surface area contributed by atoms with Gasteiger partial charge in [-0.05, 0) is 19.3 Å². The number of Topliss-reactive ketones (excluding diaryl/α,β-unsaturated/α-hetero) is 1. The Morgan fingerprint density at radius 3 is 2.86 bits per heavy atom. The molecular formula is C10H14N2O2. The van der Waals surface area contributed by atoms with Gasteiger partial charge in [0.1, 0.15) is 0 Å². The zero-order valence-electron chi connectivity index (χ0n) is 8.22. The molecular weight excluding hydrogens is 180 g/mol. The molecule has 1 atom stereocenters. The quantitative estimate of drug-likeness (QED) is 0.656. The van der Waals surface area contributed by atoms with E-state index >= 15 is 0 Å². The van der Waals surface area contributed by atoms with Crippen molar-refractivity contribution in [3.63, 3.8) is 0 Å². The Morgan fingerprint density at radius 2 is 2.14 bits per heavy atom. The van der Waals surface area contributed by atoms with Crippen molar-refractivity contribution in [1.29, 1.82) is 0 Å². The Bertz CT molecular complexity index is 320. The molecule has 4 heteroatoms. The van der Waals surface area contributed by atoms with E-state index in [1.165, 1.54) is 0 Å². The fraction of sp³-hybridized carbons (Fsp3) is 0.600. The maximum atomic E-state index is 11.7. The highest BCUT2D eigenvalue weighted by molar-refractivity contribution is 6.00. The molecule has 0 aromatic heterocycles. The number of carbonyl (C=O) groups excluding carboxylic acids is 2. The van der Waals surface area contributed by atoms with E-state index in [1.54, 1.807) is 0 Å². The Kier molecular flexibility index (Phi) is 2.27. The van der Waals surface area contributed by atoms with Crippen LogP contribution in [0.3, 0.4) is 0 Å². The number of urea groups is 1. The van der Waals surface area contributed by atoms with Gasteiger partial charge in [0.15, 0.2) is 5.78 Å². The average Bonchev–Trinajstić information content (AvgIpc) is 2.16. The van der Waals surface area contributed by atoms with Crippen LogP contribution in [0.15, 0.2) is 11.3 Å². The Hall–Kier alpha value is -1.32. The smallest absolute Gasteiger partial charge is 0.319 e. The zero-order valence-corrected chi connectivity index (χ0v) is 8.22. The molecule has 2 amide bonds. The van der Waals surface area contributed by atoms with Crippen LogP contribution in [-0.4, -0.2) is 17.9 Å². The van der Waals surface area contributed by atoms with E-state index in [1.807, 2.05) is 6.92 Å². The van der Waals surface area contributed by atoms with Crippen LogP contribution >= 0.6 is 0 Å². The second-order valence-electron chi connectivity index (χ2n) is 3.73. The summed E-state index contributed by atoms with van der Waals surface area (Å²) in [6, 6.07) is -0.253. The highest BCUT2D eigenvalue weighted by Gasteiger charge is 2.31. The van der Waals surface area contributed by atoms with Gasteiger partial charge in [0.05, 0.1) is 6.04 Å². The lowest BCUT2D eigenvalue weighted by atomic mass is 9.87. The molecule has 2 N–H and O–H groups in total. The van der Waals surface area contributed by atoms with Crippen LogP contribution in [0.1, 0.15) is 32.6 Å². The number of ketones is 1. The first-order valence-corrected chi connectivity index (χ1v) is 5.06. The van der Waals surface area contributed by atoms with Gasteiger partial charge in [-0.3, -0.25) is 4.79 Å². The van der Waals surface area contributed by atoms with E-state index in [0.717, 1.165) is 30.5 Å². The van der Waals surface area contributed by atoms with Crippen molar-refractivity contribution in [1.82, 2.24) is 10.6 Å². The molecule has 2 aliphatic rings. The first-order chi connectivity index (χ1) is 6.72. The molecule has 0 fully saturated rings. The van der Waals surface area contributed by atoms with Gasteiger partial charge in [-0.2, -0.15) is 0 Å². The molecule has 4 nitrogen and oxygen atoms in total. The van der Waals surface area contributed by atoms with Gasteiger partial charge < -0.3 is 10.6 Å². The van der Waals surface area contributed by atoms with Gasteiger partial charge in [0.2, 0.25) is 0 Å². The molecule has 0 spiro atoms. The normalized spacial score (nSPS) is 26.8. The number of allylic oxidation sites excluding steroid dienone is 1. The minimum Gasteiger partial charge on any atom is -0.331 e. The van der Waals surface area contributed by atoms with Crippen molar-refractivity contribution in [2.24, 2.45) is 0 Å². The molecule has 1 unspecified atom stereocenters. The molecule has 1 heterocycles. The van der Waals surface area contributed by atoms with Crippen LogP contribution in [0.5, 0.6) is 0 Å². The second kappa shape index (κ2) is 3.44. The molecule has 0 saturated carbocycles. The summed E-state index contributed by atoms with van der Waals surface area (Å²) in [5.41, 5.74) is 1.65. The van der Waals surface area contributed by atoms with Crippen LogP contribution in [0.25, 0.3) is 0 Å². The molecule has 0 radical (unpaired) electrons. The summed E-state index contributed by atoms with van der Waals surface area (Å²) >= 11 is 0. The molecule has 0 bridgehead atoms. The minimum absolute atomic E-state index is 0.0773. The molecule has 76 valence electrons. The fourth-order valence-corrected chi connectivity index (χ4v) is 2.11. The Labute approximate surface area is 82.7 Å². The topological polar surface area (TPSA) is 58.2 Å². The monoisotopic (exact) mass is 194 g/mol. The largest absolute Gasteiger partial charge is 0.331 e. The lowest BCUT2D eigenvalue weighted by molar-refractivity contribution is -0.116. The summed E-state index contributed by atoms with van der Waals surface area (Å²) in [7, 11) is 0. The summed E-state index contributed by atoms with van der Waals surface area (Å²) < 4.78 is 0. The maximum Gasteiger partial charge on any atom is 0.319 e. The predicted molar refractivity (Wildman–Crippen MR) is 51.6 cm³/mol. The van der Waals surface area contributed by atoms with E-state index in [4.69, 9.17) is 0 Å². The summed E-state index contributed by atoms with van der Waals surface area (Å²) in [5.74, 6) is 0.186. The predicted octanol–water partition coefficient (Wildman–Crippen LogP) is 1.08. The van der Waals surface area contributed by atoms with Crippen molar-refractivity contribution in [2.45, 2.75) is 38.6 Å². The Balaban J connectivity index is 2.36. The van der Waals surface area contributed by atoms with Crippen LogP contribution in [0, 0.1) is 0 Å². The van der Waals surface area contributed by atoms with E-state index in [9.17, 15) is 9.59 Å². The molecule has 0 saturated heterocycles. The van der Waals surface area contributed by atoms with Crippen molar-refractivity contribution in [2.75, 3.05) is 0 Å². The highest BCUT2D eigenvalue weighted by atomic mass is 16.2. The highest BCUT2D eigenvalue weighted by Crippen LogP contribution is 2.26. The first kappa shape index (κ1) is 9.24. The molecule has 2 rings (SSSR count). The standard InChI is InChI=1S/C10H14N2O2/c1-2-6-9-7(12-10(14)11-6)4-3-5-8(9)13/h6H,2-5H2,1H3,(H2,11,12,14). The maximum absolute atomic E-state index is 11.7. The van der Waals surface area contributed by atoms with Crippen molar-refractivity contribution in [3.05, 3.63) is 11.3 Å². The van der Waals surface area contributed by atoms with Gasteiger partial charge in [0, 0.05) is 17.7 Å². The molecule has 0 aromatic rings. The van der Waals surface area contributed by atoms with Gasteiger partial charge in [-0.15, -0.1) is 0 Å². The van der Waals surface area contributed by atoms with Gasteiger partial charge in [-0.25, -0.2) is 4.79 Å². The molecule has 1 aliphatic heterocycles. The SMILES string of the molecule is CCC1NC(=O)NC2=C1C(=O)CCC2. The lowest BCUT2D eigenvalue weighted by Crippen LogP contribution is -2.50. The van der Waals surface area contributed by atoms with Crippen LogP contribution < -0.4 is 10.6 Å². The lowest BCUT2D eigenvalue weighted by Gasteiger charge is -2.31. The first-order valence-electron chi connectivity index (χ1n) is 5.06. The second-order valence-corrected chi connectivity index (χ2v) is 3.73. The Morgan fingerprint density at radius 1 is 1.36 bits per heavy atom. The van der Waals surface area contributed by atoms with Crippen molar-refractivity contribution in [3.8, 4) is 0 Å². The number of hydrogen-bond acceptors (Lipinski definition) is 2. The molecule has 1 aliphatic carbocycles. The number of carbonyl (C=O) groups is 2. The van der Waals surface area contributed by atoms with Gasteiger partial charge in [-0.1, -0.05) is 6.92 Å². The minimum atomic E-state index is -0.176. The third-order valence-corrected chi connectivity index (χ3v) is 2.78. The van der Waals surface area contributed by atoms with Gasteiger partial charge >= 0.3 is 6.03 Å². The molecule has 0 aromatic carbocycles. The summed E-state index contributed by atoms with van der Waals surface area (Å²) in [6.07, 6.45) is 3.07. The van der Waals surface area contributed by atoms with E-state index in [-0.39, 0.29) is 17.9 Å². The number of hydrogen-bond donors (Lipinski definition) is 2. The number of rotatable bonds is 1. The van der Waals surface area contributed by atoms with E-state index < -0.39 is 0 Å². The fourth-order valence-electron chi connectivity index (χ4n) is 2.11. The average molecular weight is 194 g/mol.